The first-order chi connectivity index (χ1) is 6.75. The van der Waals surface area contributed by atoms with Crippen LogP contribution in [0.5, 0.6) is 0 Å². The summed E-state index contributed by atoms with van der Waals surface area (Å²) >= 11 is 5.79. The lowest BCUT2D eigenvalue weighted by Crippen LogP contribution is -2.31. The van der Waals surface area contributed by atoms with Gasteiger partial charge in [0, 0.05) is 30.5 Å². The second-order valence-corrected chi connectivity index (χ2v) is 3.99. The van der Waals surface area contributed by atoms with Gasteiger partial charge in [-0.1, -0.05) is 23.7 Å². The molecular formula is C11H12ClNO. The van der Waals surface area contributed by atoms with Crippen molar-refractivity contribution in [3.05, 3.63) is 34.9 Å². The van der Waals surface area contributed by atoms with Crippen LogP contribution in [0.25, 0.3) is 0 Å². The van der Waals surface area contributed by atoms with Gasteiger partial charge in [0.25, 0.3) is 0 Å². The van der Waals surface area contributed by atoms with Crippen molar-refractivity contribution in [3.8, 4) is 0 Å². The van der Waals surface area contributed by atoms with E-state index in [1.807, 2.05) is 24.3 Å². The number of nitrogens with one attached hydrogen (secondary N) is 1. The van der Waals surface area contributed by atoms with E-state index in [2.05, 4.69) is 5.32 Å². The normalized spacial score (nSPS) is 22.4. The molecule has 2 rings (SSSR count). The summed E-state index contributed by atoms with van der Waals surface area (Å²) in [6.45, 7) is 0.784. The second-order valence-electron chi connectivity index (χ2n) is 3.55. The maximum atomic E-state index is 11.2. The molecule has 1 N–H and O–H groups in total. The summed E-state index contributed by atoms with van der Waals surface area (Å²) in [5, 5.41) is 4.05. The number of carbonyl (C=O) groups excluding carboxylic acids is 1. The van der Waals surface area contributed by atoms with Crippen molar-refractivity contribution in [3.63, 3.8) is 0 Å². The molecule has 0 aliphatic carbocycles. The van der Waals surface area contributed by atoms with Gasteiger partial charge in [-0.25, -0.2) is 0 Å². The quantitative estimate of drug-likeness (QED) is 0.769. The summed E-state index contributed by atoms with van der Waals surface area (Å²) in [4.78, 5) is 11.2. The first-order valence-corrected chi connectivity index (χ1v) is 5.14. The van der Waals surface area contributed by atoms with Crippen molar-refractivity contribution in [1.29, 1.82) is 0 Å². The van der Waals surface area contributed by atoms with Crippen LogP contribution in [0, 0.1) is 0 Å². The summed E-state index contributed by atoms with van der Waals surface area (Å²) in [6.07, 6.45) is 1.26. The number of rotatable bonds is 1. The molecule has 1 fully saturated rings. The Morgan fingerprint density at radius 3 is 2.64 bits per heavy atom. The third-order valence-electron chi connectivity index (χ3n) is 2.50. The van der Waals surface area contributed by atoms with Gasteiger partial charge in [-0.3, -0.25) is 4.79 Å². The predicted molar refractivity (Wildman–Crippen MR) is 56.4 cm³/mol. The van der Waals surface area contributed by atoms with E-state index in [4.69, 9.17) is 11.6 Å². The third-order valence-corrected chi connectivity index (χ3v) is 2.75. The summed E-state index contributed by atoms with van der Waals surface area (Å²) in [5.74, 6) is 0.337. The number of ketones is 1. The van der Waals surface area contributed by atoms with E-state index in [0.29, 0.717) is 18.6 Å². The molecule has 1 unspecified atom stereocenters. The maximum Gasteiger partial charge on any atom is 0.136 e. The first kappa shape index (κ1) is 9.69. The second kappa shape index (κ2) is 4.11. The fraction of sp³-hybridized carbons (Fsp3) is 0.364. The van der Waals surface area contributed by atoms with Crippen LogP contribution in [0.15, 0.2) is 24.3 Å². The molecule has 0 aromatic heterocycles. The largest absolute Gasteiger partial charge is 0.309 e. The topological polar surface area (TPSA) is 29.1 Å². The number of hydrogen-bond donors (Lipinski definition) is 1. The summed E-state index contributed by atoms with van der Waals surface area (Å²) in [6, 6.07) is 7.83. The Balaban J connectivity index is 2.14. The lowest BCUT2D eigenvalue weighted by molar-refractivity contribution is -0.120. The van der Waals surface area contributed by atoms with Gasteiger partial charge in [0.05, 0.1) is 0 Å². The zero-order valence-corrected chi connectivity index (χ0v) is 8.55. The first-order valence-electron chi connectivity index (χ1n) is 4.76. The molecular weight excluding hydrogens is 198 g/mol. The van der Waals surface area contributed by atoms with Crippen LogP contribution >= 0.6 is 11.6 Å². The van der Waals surface area contributed by atoms with E-state index in [9.17, 15) is 4.79 Å². The molecule has 1 aliphatic heterocycles. The van der Waals surface area contributed by atoms with Crippen molar-refractivity contribution in [2.45, 2.75) is 18.9 Å². The van der Waals surface area contributed by atoms with Crippen LogP contribution in [0.3, 0.4) is 0 Å². The highest BCUT2D eigenvalue weighted by Crippen LogP contribution is 2.22. The highest BCUT2D eigenvalue weighted by molar-refractivity contribution is 6.30. The molecule has 1 atom stereocenters. The minimum atomic E-state index is 0.175. The Labute approximate surface area is 88.3 Å². The lowest BCUT2D eigenvalue weighted by atomic mass is 9.97. The van der Waals surface area contributed by atoms with Crippen molar-refractivity contribution in [2.75, 3.05) is 6.54 Å². The number of piperidine rings is 1. The van der Waals surface area contributed by atoms with Gasteiger partial charge >= 0.3 is 0 Å². The number of benzene rings is 1. The molecule has 0 radical (unpaired) electrons. The van der Waals surface area contributed by atoms with Crippen LogP contribution in [-0.2, 0) is 4.79 Å². The SMILES string of the molecule is O=C1CCNC(c2ccc(Cl)cc2)C1. The molecule has 1 aromatic carbocycles. The van der Waals surface area contributed by atoms with Crippen LogP contribution in [0.2, 0.25) is 5.02 Å². The highest BCUT2D eigenvalue weighted by Gasteiger charge is 2.19. The van der Waals surface area contributed by atoms with Crippen molar-refractivity contribution in [1.82, 2.24) is 5.32 Å². The predicted octanol–water partition coefficient (Wildman–Crippen LogP) is 2.33. The average Bonchev–Trinajstić information content (AvgIpc) is 2.19. The number of hydrogen-bond acceptors (Lipinski definition) is 2. The minimum Gasteiger partial charge on any atom is -0.309 e. The fourth-order valence-electron chi connectivity index (χ4n) is 1.72. The number of halogens is 1. The lowest BCUT2D eigenvalue weighted by Gasteiger charge is -2.22. The van der Waals surface area contributed by atoms with Crippen LogP contribution in [-0.4, -0.2) is 12.3 Å². The standard InChI is InChI=1S/C11H12ClNO/c12-9-3-1-8(2-4-9)11-7-10(14)5-6-13-11/h1-4,11,13H,5-7H2. The Morgan fingerprint density at radius 2 is 2.00 bits per heavy atom. The van der Waals surface area contributed by atoms with E-state index in [-0.39, 0.29) is 6.04 Å². The van der Waals surface area contributed by atoms with Crippen molar-refractivity contribution >= 4 is 17.4 Å². The number of Topliss-reactive ketones (excluding diaryl/α,β-unsaturated/α-hetero) is 1. The summed E-state index contributed by atoms with van der Waals surface area (Å²) in [5.41, 5.74) is 1.14. The van der Waals surface area contributed by atoms with Crippen LogP contribution in [0.4, 0.5) is 0 Å². The summed E-state index contributed by atoms with van der Waals surface area (Å²) in [7, 11) is 0. The molecule has 74 valence electrons. The van der Waals surface area contributed by atoms with Gasteiger partial charge in [-0.15, -0.1) is 0 Å². The molecule has 0 bridgehead atoms. The average molecular weight is 210 g/mol. The molecule has 1 aliphatic rings. The fourth-order valence-corrected chi connectivity index (χ4v) is 1.84. The van der Waals surface area contributed by atoms with Crippen molar-refractivity contribution in [2.24, 2.45) is 0 Å². The zero-order valence-electron chi connectivity index (χ0n) is 7.79. The van der Waals surface area contributed by atoms with Gasteiger partial charge in [-0.2, -0.15) is 0 Å². The van der Waals surface area contributed by atoms with Crippen LogP contribution < -0.4 is 5.32 Å². The van der Waals surface area contributed by atoms with Gasteiger partial charge in [0.15, 0.2) is 0 Å². The van der Waals surface area contributed by atoms with Crippen LogP contribution in [0.1, 0.15) is 24.4 Å². The van der Waals surface area contributed by atoms with Gasteiger partial charge < -0.3 is 5.32 Å². The summed E-state index contributed by atoms with van der Waals surface area (Å²) < 4.78 is 0. The van der Waals surface area contributed by atoms with E-state index >= 15 is 0 Å². The van der Waals surface area contributed by atoms with Gasteiger partial charge in [-0.05, 0) is 17.7 Å². The Bertz CT molecular complexity index is 334. The third kappa shape index (κ3) is 2.14. The zero-order chi connectivity index (χ0) is 9.97. The van der Waals surface area contributed by atoms with Crippen molar-refractivity contribution < 1.29 is 4.79 Å². The molecule has 1 aromatic rings. The Morgan fingerprint density at radius 1 is 1.29 bits per heavy atom. The molecule has 1 heterocycles. The smallest absolute Gasteiger partial charge is 0.136 e. The molecule has 1 saturated heterocycles. The molecule has 3 heteroatoms. The molecule has 14 heavy (non-hydrogen) atoms. The van der Waals surface area contributed by atoms with Gasteiger partial charge in [0.1, 0.15) is 5.78 Å². The molecule has 2 nitrogen and oxygen atoms in total. The van der Waals surface area contributed by atoms with E-state index in [0.717, 1.165) is 17.1 Å². The molecule has 0 saturated carbocycles. The Hall–Kier alpha value is -0.860. The maximum absolute atomic E-state index is 11.2. The number of carbonyl (C=O) groups is 1. The monoisotopic (exact) mass is 209 g/mol. The van der Waals surface area contributed by atoms with E-state index in [1.54, 1.807) is 0 Å². The minimum absolute atomic E-state index is 0.175. The molecule has 0 spiro atoms. The van der Waals surface area contributed by atoms with E-state index < -0.39 is 0 Å². The Kier molecular flexibility index (Phi) is 2.85. The molecule has 0 amide bonds. The van der Waals surface area contributed by atoms with E-state index in [1.165, 1.54) is 0 Å². The van der Waals surface area contributed by atoms with Gasteiger partial charge in [0.2, 0.25) is 0 Å². The highest BCUT2D eigenvalue weighted by atomic mass is 35.5.